The van der Waals surface area contributed by atoms with Crippen LogP contribution in [0.1, 0.15) is 4.88 Å². The molecular formula is C11H9Br2NOS2. The molecule has 2 aromatic rings. The van der Waals surface area contributed by atoms with Gasteiger partial charge in [-0.3, -0.25) is 4.21 Å². The minimum atomic E-state index is -1.10. The third-order valence-electron chi connectivity index (χ3n) is 2.12. The highest BCUT2D eigenvalue weighted by molar-refractivity contribution is 9.11. The first-order chi connectivity index (χ1) is 8.06. The summed E-state index contributed by atoms with van der Waals surface area (Å²) in [6, 6.07) is 9.37. The highest BCUT2D eigenvalue weighted by Crippen LogP contribution is 2.27. The summed E-state index contributed by atoms with van der Waals surface area (Å²) in [6.45, 7) is 0. The Bertz CT molecular complexity index is 568. The summed E-state index contributed by atoms with van der Waals surface area (Å²) in [5, 5.41) is 0. The standard InChI is InChI=1S/C11H9Br2NOS2/c12-7-1-3-10(9(14)5-7)17(15)6-8-2-4-11(13)16-8/h1-5H,6,14H2. The third kappa shape index (κ3) is 3.40. The maximum absolute atomic E-state index is 12.2. The molecule has 0 saturated carbocycles. The summed E-state index contributed by atoms with van der Waals surface area (Å²) in [6.07, 6.45) is 0. The minimum absolute atomic E-state index is 0.502. The van der Waals surface area contributed by atoms with Gasteiger partial charge in [0.05, 0.1) is 25.2 Å². The average Bonchev–Trinajstić information content (AvgIpc) is 2.63. The van der Waals surface area contributed by atoms with E-state index in [9.17, 15) is 4.21 Å². The fraction of sp³-hybridized carbons (Fsp3) is 0.0909. The zero-order chi connectivity index (χ0) is 12.4. The van der Waals surface area contributed by atoms with Gasteiger partial charge >= 0.3 is 0 Å². The Hall–Kier alpha value is -0.170. The Morgan fingerprint density at radius 1 is 1.24 bits per heavy atom. The summed E-state index contributed by atoms with van der Waals surface area (Å²) in [7, 11) is -1.10. The minimum Gasteiger partial charge on any atom is -0.398 e. The Labute approximate surface area is 123 Å². The van der Waals surface area contributed by atoms with Gasteiger partial charge in [-0.15, -0.1) is 11.3 Å². The molecule has 0 saturated heterocycles. The van der Waals surface area contributed by atoms with Crippen LogP contribution in [0.5, 0.6) is 0 Å². The molecule has 1 aromatic carbocycles. The van der Waals surface area contributed by atoms with Crippen LogP contribution in [0.4, 0.5) is 5.69 Å². The van der Waals surface area contributed by atoms with Gasteiger partial charge in [0.15, 0.2) is 0 Å². The van der Waals surface area contributed by atoms with Crippen molar-refractivity contribution >= 4 is 59.7 Å². The molecule has 2 rings (SSSR count). The van der Waals surface area contributed by atoms with Crippen LogP contribution in [0.25, 0.3) is 0 Å². The first-order valence-electron chi connectivity index (χ1n) is 4.74. The van der Waals surface area contributed by atoms with Crippen molar-refractivity contribution in [1.29, 1.82) is 0 Å². The topological polar surface area (TPSA) is 43.1 Å². The van der Waals surface area contributed by atoms with E-state index in [-0.39, 0.29) is 0 Å². The zero-order valence-electron chi connectivity index (χ0n) is 8.65. The SMILES string of the molecule is Nc1cc(Br)ccc1S(=O)Cc1ccc(Br)s1. The van der Waals surface area contributed by atoms with Gasteiger partial charge in [-0.1, -0.05) is 15.9 Å². The number of anilines is 1. The number of rotatable bonds is 3. The Morgan fingerprint density at radius 2 is 2.00 bits per heavy atom. The lowest BCUT2D eigenvalue weighted by Crippen LogP contribution is -1.99. The second kappa shape index (κ2) is 5.65. The van der Waals surface area contributed by atoms with Gasteiger partial charge < -0.3 is 5.73 Å². The lowest BCUT2D eigenvalue weighted by molar-refractivity contribution is 0.683. The van der Waals surface area contributed by atoms with Crippen molar-refractivity contribution in [2.45, 2.75) is 10.6 Å². The molecule has 0 aliphatic heterocycles. The van der Waals surface area contributed by atoms with E-state index in [0.717, 1.165) is 13.1 Å². The number of nitrogens with two attached hydrogens (primary N) is 1. The Balaban J connectivity index is 2.20. The van der Waals surface area contributed by atoms with Crippen LogP contribution in [-0.4, -0.2) is 4.21 Å². The van der Waals surface area contributed by atoms with E-state index in [4.69, 9.17) is 5.73 Å². The summed E-state index contributed by atoms with van der Waals surface area (Å²) in [4.78, 5) is 1.77. The van der Waals surface area contributed by atoms with E-state index >= 15 is 0 Å². The van der Waals surface area contributed by atoms with Gasteiger partial charge in [-0.25, -0.2) is 0 Å². The Kier molecular flexibility index (Phi) is 4.41. The summed E-state index contributed by atoms with van der Waals surface area (Å²) in [5.74, 6) is 0.502. The molecule has 1 aromatic heterocycles. The summed E-state index contributed by atoms with van der Waals surface area (Å²) in [5.41, 5.74) is 6.42. The predicted molar refractivity (Wildman–Crippen MR) is 80.7 cm³/mol. The first kappa shape index (κ1) is 13.3. The summed E-state index contributed by atoms with van der Waals surface area (Å²) >= 11 is 8.32. The van der Waals surface area contributed by atoms with Crippen molar-refractivity contribution in [1.82, 2.24) is 0 Å². The molecule has 0 aliphatic carbocycles. The van der Waals surface area contributed by atoms with Crippen molar-refractivity contribution < 1.29 is 4.21 Å². The monoisotopic (exact) mass is 393 g/mol. The molecular weight excluding hydrogens is 386 g/mol. The molecule has 0 spiro atoms. The molecule has 1 heterocycles. The molecule has 1 unspecified atom stereocenters. The fourth-order valence-electron chi connectivity index (χ4n) is 1.36. The number of hydrogen-bond donors (Lipinski definition) is 1. The van der Waals surface area contributed by atoms with E-state index in [2.05, 4.69) is 31.9 Å². The van der Waals surface area contributed by atoms with E-state index in [0.29, 0.717) is 16.3 Å². The number of nitrogen functional groups attached to an aromatic ring is 1. The number of hydrogen-bond acceptors (Lipinski definition) is 3. The van der Waals surface area contributed by atoms with Crippen LogP contribution < -0.4 is 5.73 Å². The quantitative estimate of drug-likeness (QED) is 0.794. The Morgan fingerprint density at radius 3 is 2.59 bits per heavy atom. The van der Waals surface area contributed by atoms with Gasteiger partial charge in [-0.05, 0) is 46.3 Å². The molecule has 0 fully saturated rings. The molecule has 90 valence electrons. The highest BCUT2D eigenvalue weighted by Gasteiger charge is 2.10. The second-order valence-corrected chi connectivity index (χ2v) is 8.26. The number of halogens is 2. The van der Waals surface area contributed by atoms with Gasteiger partial charge in [0.1, 0.15) is 0 Å². The van der Waals surface area contributed by atoms with Crippen LogP contribution >= 0.6 is 43.2 Å². The van der Waals surface area contributed by atoms with E-state index < -0.39 is 10.8 Å². The predicted octanol–water partition coefficient (Wildman–Crippen LogP) is 4.16. The maximum Gasteiger partial charge on any atom is 0.0701 e. The van der Waals surface area contributed by atoms with Gasteiger partial charge in [0, 0.05) is 15.0 Å². The lowest BCUT2D eigenvalue weighted by Gasteiger charge is -2.05. The normalized spacial score (nSPS) is 12.6. The van der Waals surface area contributed by atoms with Crippen molar-refractivity contribution in [2.24, 2.45) is 0 Å². The molecule has 0 bridgehead atoms. The maximum atomic E-state index is 12.2. The summed E-state index contributed by atoms with van der Waals surface area (Å²) < 4.78 is 14.1. The van der Waals surface area contributed by atoms with Crippen LogP contribution in [0, 0.1) is 0 Å². The molecule has 17 heavy (non-hydrogen) atoms. The van der Waals surface area contributed by atoms with Crippen LogP contribution in [0.3, 0.4) is 0 Å². The largest absolute Gasteiger partial charge is 0.398 e. The van der Waals surface area contributed by atoms with Gasteiger partial charge in [0.25, 0.3) is 0 Å². The van der Waals surface area contributed by atoms with Crippen molar-refractivity contribution in [3.05, 3.63) is 43.5 Å². The van der Waals surface area contributed by atoms with Crippen LogP contribution in [0.15, 0.2) is 43.5 Å². The smallest absolute Gasteiger partial charge is 0.0701 e. The van der Waals surface area contributed by atoms with E-state index in [1.807, 2.05) is 18.2 Å². The van der Waals surface area contributed by atoms with Crippen molar-refractivity contribution in [3.63, 3.8) is 0 Å². The molecule has 0 aliphatic rings. The number of benzene rings is 1. The van der Waals surface area contributed by atoms with Gasteiger partial charge in [0.2, 0.25) is 0 Å². The third-order valence-corrected chi connectivity index (χ3v) is 5.85. The molecule has 1 atom stereocenters. The lowest BCUT2D eigenvalue weighted by atomic mass is 10.3. The fourth-order valence-corrected chi connectivity index (χ4v) is 4.63. The van der Waals surface area contributed by atoms with E-state index in [1.165, 1.54) is 0 Å². The molecule has 6 heteroatoms. The van der Waals surface area contributed by atoms with Crippen LogP contribution in [-0.2, 0) is 16.6 Å². The molecule has 2 nitrogen and oxygen atoms in total. The van der Waals surface area contributed by atoms with Crippen molar-refractivity contribution in [3.8, 4) is 0 Å². The first-order valence-corrected chi connectivity index (χ1v) is 8.46. The van der Waals surface area contributed by atoms with E-state index in [1.54, 1.807) is 23.5 Å². The van der Waals surface area contributed by atoms with Crippen LogP contribution in [0.2, 0.25) is 0 Å². The highest BCUT2D eigenvalue weighted by atomic mass is 79.9. The van der Waals surface area contributed by atoms with Gasteiger partial charge in [-0.2, -0.15) is 0 Å². The number of thiophene rings is 1. The molecule has 0 radical (unpaired) electrons. The molecule has 0 amide bonds. The zero-order valence-corrected chi connectivity index (χ0v) is 13.5. The second-order valence-electron chi connectivity index (χ2n) is 3.38. The molecule has 2 N–H and O–H groups in total. The van der Waals surface area contributed by atoms with Crippen molar-refractivity contribution in [2.75, 3.05) is 5.73 Å². The average molecular weight is 395 g/mol.